The summed E-state index contributed by atoms with van der Waals surface area (Å²) >= 11 is 0. The number of rotatable bonds is 4. The normalized spacial score (nSPS) is 13.7. The third-order valence-corrected chi connectivity index (χ3v) is 5.24. The van der Waals surface area contributed by atoms with Crippen molar-refractivity contribution in [3.8, 4) is 0 Å². The van der Waals surface area contributed by atoms with Gasteiger partial charge in [-0.2, -0.15) is 0 Å². The zero-order chi connectivity index (χ0) is 21.0. The van der Waals surface area contributed by atoms with Gasteiger partial charge in [-0.15, -0.1) is 0 Å². The van der Waals surface area contributed by atoms with Crippen molar-refractivity contribution < 1.29 is 9.59 Å². The van der Waals surface area contributed by atoms with Crippen LogP contribution in [0.15, 0.2) is 36.4 Å². The molecule has 1 aliphatic rings. The Morgan fingerprint density at radius 2 is 1.66 bits per heavy atom. The topological polar surface area (TPSA) is 64.7 Å². The first-order valence-corrected chi connectivity index (χ1v) is 10.1. The summed E-state index contributed by atoms with van der Waals surface area (Å²) in [5, 5.41) is 5.74. The minimum Gasteiger partial charge on any atom is -0.377 e. The number of aryl methyl sites for hydroxylation is 2. The monoisotopic (exact) mass is 394 g/mol. The maximum Gasteiger partial charge on any atom is 0.323 e. The molecule has 1 aliphatic heterocycles. The Balaban J connectivity index is 1.78. The molecule has 1 heterocycles. The molecule has 0 saturated carbocycles. The smallest absolute Gasteiger partial charge is 0.323 e. The van der Waals surface area contributed by atoms with Crippen LogP contribution in [-0.4, -0.2) is 44.0 Å². The number of anilines is 3. The van der Waals surface area contributed by atoms with Crippen molar-refractivity contribution in [3.63, 3.8) is 0 Å². The van der Waals surface area contributed by atoms with Gasteiger partial charge in [-0.25, -0.2) is 4.79 Å². The molecule has 0 aromatic heterocycles. The number of nitrogens with one attached hydrogen (secondary N) is 2. The number of nitrogens with zero attached hydrogens (tertiary/aromatic N) is 2. The summed E-state index contributed by atoms with van der Waals surface area (Å²) in [5.41, 5.74) is 4.97. The van der Waals surface area contributed by atoms with E-state index in [1.54, 1.807) is 6.07 Å². The third-order valence-electron chi connectivity index (χ3n) is 5.24. The predicted octanol–water partition coefficient (Wildman–Crippen LogP) is 4.64. The zero-order valence-electron chi connectivity index (χ0n) is 17.7. The van der Waals surface area contributed by atoms with Crippen molar-refractivity contribution in [1.29, 1.82) is 0 Å². The first kappa shape index (κ1) is 20.7. The highest BCUT2D eigenvalue weighted by atomic mass is 16.2. The summed E-state index contributed by atoms with van der Waals surface area (Å²) in [6, 6.07) is 11.0. The lowest BCUT2D eigenvalue weighted by molar-refractivity contribution is 0.0725. The molecule has 0 bridgehead atoms. The highest BCUT2D eigenvalue weighted by molar-refractivity contribution is 6.04. The Hall–Kier alpha value is -3.02. The van der Waals surface area contributed by atoms with E-state index in [9.17, 15) is 9.59 Å². The number of carbonyl (C=O) groups is 2. The highest BCUT2D eigenvalue weighted by Crippen LogP contribution is 2.26. The Morgan fingerprint density at radius 3 is 2.31 bits per heavy atom. The average molecular weight is 395 g/mol. The summed E-state index contributed by atoms with van der Waals surface area (Å²) in [7, 11) is 3.84. The van der Waals surface area contributed by atoms with Gasteiger partial charge >= 0.3 is 6.03 Å². The van der Waals surface area contributed by atoms with E-state index in [4.69, 9.17) is 0 Å². The lowest BCUT2D eigenvalue weighted by Gasteiger charge is -2.28. The van der Waals surface area contributed by atoms with E-state index in [2.05, 4.69) is 10.6 Å². The second-order valence-corrected chi connectivity index (χ2v) is 7.88. The van der Waals surface area contributed by atoms with Crippen LogP contribution in [0.2, 0.25) is 0 Å². The number of benzene rings is 2. The standard InChI is InChI=1S/C23H30N4O2/c1-16-8-10-20(17(2)14-16)25-23(29)24-18-9-11-21(26(3)4)19(15-18)22(28)27-12-6-5-7-13-27/h8-11,14-15H,5-7,12-13H2,1-4H3,(H2,24,25,29). The van der Waals surface area contributed by atoms with Gasteiger partial charge in [0, 0.05) is 44.2 Å². The molecule has 3 amide bonds. The molecule has 0 atom stereocenters. The molecule has 0 radical (unpaired) electrons. The van der Waals surface area contributed by atoms with Crippen molar-refractivity contribution in [2.75, 3.05) is 42.7 Å². The number of piperidine rings is 1. The number of likely N-dealkylation sites (tertiary alicyclic amines) is 1. The zero-order valence-corrected chi connectivity index (χ0v) is 17.7. The molecule has 0 spiro atoms. The fourth-order valence-electron chi connectivity index (χ4n) is 3.68. The van der Waals surface area contributed by atoms with Gasteiger partial charge in [-0.1, -0.05) is 17.7 Å². The molecule has 1 saturated heterocycles. The summed E-state index contributed by atoms with van der Waals surface area (Å²) in [6.45, 7) is 5.56. The second-order valence-electron chi connectivity index (χ2n) is 7.88. The summed E-state index contributed by atoms with van der Waals surface area (Å²) < 4.78 is 0. The molecule has 2 N–H and O–H groups in total. The maximum absolute atomic E-state index is 13.1. The third kappa shape index (κ3) is 5.08. The predicted molar refractivity (Wildman–Crippen MR) is 119 cm³/mol. The number of carbonyl (C=O) groups excluding carboxylic acids is 2. The van der Waals surface area contributed by atoms with Gasteiger partial charge in [-0.05, 0) is 62.9 Å². The quantitative estimate of drug-likeness (QED) is 0.794. The van der Waals surface area contributed by atoms with Crippen molar-refractivity contribution in [1.82, 2.24) is 4.90 Å². The van der Waals surface area contributed by atoms with Crippen LogP contribution >= 0.6 is 0 Å². The van der Waals surface area contributed by atoms with E-state index in [0.717, 1.165) is 48.4 Å². The van der Waals surface area contributed by atoms with Gasteiger partial charge in [-0.3, -0.25) is 4.79 Å². The molecule has 0 aliphatic carbocycles. The highest BCUT2D eigenvalue weighted by Gasteiger charge is 2.22. The van der Waals surface area contributed by atoms with Crippen molar-refractivity contribution in [2.45, 2.75) is 33.1 Å². The SMILES string of the molecule is Cc1ccc(NC(=O)Nc2ccc(N(C)C)c(C(=O)N3CCCCC3)c2)c(C)c1. The van der Waals surface area contributed by atoms with Gasteiger partial charge in [0.15, 0.2) is 0 Å². The molecule has 0 unspecified atom stereocenters. The van der Waals surface area contributed by atoms with Crippen molar-refractivity contribution in [3.05, 3.63) is 53.1 Å². The van der Waals surface area contributed by atoms with Gasteiger partial charge in [0.1, 0.15) is 0 Å². The molecule has 6 heteroatoms. The number of hydrogen-bond donors (Lipinski definition) is 2. The van der Waals surface area contributed by atoms with Crippen molar-refractivity contribution >= 4 is 29.0 Å². The van der Waals surface area contributed by atoms with Gasteiger partial charge < -0.3 is 20.4 Å². The van der Waals surface area contributed by atoms with E-state index in [0.29, 0.717) is 11.3 Å². The molecule has 29 heavy (non-hydrogen) atoms. The van der Waals surface area contributed by atoms with Crippen LogP contribution in [0.25, 0.3) is 0 Å². The van der Waals surface area contributed by atoms with E-state index in [-0.39, 0.29) is 11.9 Å². The largest absolute Gasteiger partial charge is 0.377 e. The molecule has 6 nitrogen and oxygen atoms in total. The van der Waals surface area contributed by atoms with Crippen molar-refractivity contribution in [2.24, 2.45) is 0 Å². The molecular formula is C23H30N4O2. The molecule has 1 fully saturated rings. The van der Waals surface area contributed by atoms with Crippen LogP contribution in [-0.2, 0) is 0 Å². The van der Waals surface area contributed by atoms with Gasteiger partial charge in [0.25, 0.3) is 5.91 Å². The number of urea groups is 1. The number of hydrogen-bond acceptors (Lipinski definition) is 3. The van der Waals surface area contributed by atoms with E-state index in [1.165, 1.54) is 6.42 Å². The van der Waals surface area contributed by atoms with Gasteiger partial charge in [0.05, 0.1) is 5.56 Å². The van der Waals surface area contributed by atoms with Crippen LogP contribution in [0.5, 0.6) is 0 Å². The van der Waals surface area contributed by atoms with Crippen LogP contribution in [0.1, 0.15) is 40.7 Å². The average Bonchev–Trinajstić information content (AvgIpc) is 2.70. The maximum atomic E-state index is 13.1. The van der Waals surface area contributed by atoms with E-state index >= 15 is 0 Å². The second kappa shape index (κ2) is 8.99. The molecule has 3 rings (SSSR count). The first-order valence-electron chi connectivity index (χ1n) is 10.1. The molecular weight excluding hydrogens is 364 g/mol. The number of amides is 3. The fourth-order valence-corrected chi connectivity index (χ4v) is 3.68. The first-order chi connectivity index (χ1) is 13.8. The lowest BCUT2D eigenvalue weighted by Crippen LogP contribution is -2.36. The van der Waals surface area contributed by atoms with Crippen LogP contribution in [0.3, 0.4) is 0 Å². The van der Waals surface area contributed by atoms with Crippen LogP contribution in [0.4, 0.5) is 21.9 Å². The van der Waals surface area contributed by atoms with E-state index in [1.807, 2.05) is 68.1 Å². The Labute approximate surface area is 172 Å². The molecule has 2 aromatic rings. The minimum absolute atomic E-state index is 0.0202. The molecule has 154 valence electrons. The van der Waals surface area contributed by atoms with Crippen LogP contribution < -0.4 is 15.5 Å². The van der Waals surface area contributed by atoms with Crippen LogP contribution in [0, 0.1) is 13.8 Å². The Bertz CT molecular complexity index is 902. The lowest BCUT2D eigenvalue weighted by atomic mass is 10.1. The van der Waals surface area contributed by atoms with Gasteiger partial charge in [0.2, 0.25) is 0 Å². The fraction of sp³-hybridized carbons (Fsp3) is 0.391. The van der Waals surface area contributed by atoms with E-state index < -0.39 is 0 Å². The minimum atomic E-state index is -0.328. The summed E-state index contributed by atoms with van der Waals surface area (Å²) in [6.07, 6.45) is 3.25. The molecule has 2 aromatic carbocycles. The summed E-state index contributed by atoms with van der Waals surface area (Å²) in [5.74, 6) is 0.0202. The summed E-state index contributed by atoms with van der Waals surface area (Å²) in [4.78, 5) is 29.4. The Morgan fingerprint density at radius 1 is 0.931 bits per heavy atom. The Kier molecular flexibility index (Phi) is 6.42.